The minimum atomic E-state index is -0.349. The first-order valence-corrected chi connectivity index (χ1v) is 10.0. The van der Waals surface area contributed by atoms with Gasteiger partial charge in [0.2, 0.25) is 0 Å². The zero-order valence-corrected chi connectivity index (χ0v) is 16.8. The van der Waals surface area contributed by atoms with Crippen LogP contribution in [0, 0.1) is 5.82 Å². The predicted octanol–water partition coefficient (Wildman–Crippen LogP) is 4.41. The van der Waals surface area contributed by atoms with Crippen molar-refractivity contribution in [3.63, 3.8) is 0 Å². The lowest BCUT2D eigenvalue weighted by Crippen LogP contribution is -2.19. The maximum absolute atomic E-state index is 13.6. The molecule has 2 aromatic carbocycles. The number of carbonyl (C=O) groups is 1. The van der Waals surface area contributed by atoms with Crippen LogP contribution in [-0.4, -0.2) is 30.8 Å². The normalized spacial score (nSPS) is 11.9. The number of thiazole rings is 1. The molecule has 0 unspecified atom stereocenters. The number of amides is 1. The molecule has 7 heteroatoms. The Hall–Kier alpha value is -2.51. The highest BCUT2D eigenvalue weighted by Crippen LogP contribution is 2.19. The average molecular weight is 402 g/mol. The summed E-state index contributed by atoms with van der Waals surface area (Å²) in [4.78, 5) is 17.4. The Kier molecular flexibility index (Phi) is 6.95. The van der Waals surface area contributed by atoms with Gasteiger partial charge in [0, 0.05) is 19.2 Å². The SMILES string of the molecule is CCCCOc1ccc(C(=O)N=c2sc3cc(F)ccc3n2CCOC)cc1. The number of benzene rings is 2. The van der Waals surface area contributed by atoms with Gasteiger partial charge in [0.05, 0.1) is 23.4 Å². The summed E-state index contributed by atoms with van der Waals surface area (Å²) >= 11 is 1.28. The van der Waals surface area contributed by atoms with E-state index in [0.29, 0.717) is 30.1 Å². The Labute approximate surface area is 167 Å². The van der Waals surface area contributed by atoms with Crippen LogP contribution in [0.15, 0.2) is 47.5 Å². The molecule has 0 spiro atoms. The summed E-state index contributed by atoms with van der Waals surface area (Å²) in [5, 5.41) is 0. The summed E-state index contributed by atoms with van der Waals surface area (Å²) in [5.74, 6) is 0.0694. The van der Waals surface area contributed by atoms with Gasteiger partial charge >= 0.3 is 0 Å². The van der Waals surface area contributed by atoms with Gasteiger partial charge in [0.15, 0.2) is 4.80 Å². The molecule has 0 atom stereocenters. The van der Waals surface area contributed by atoms with E-state index in [-0.39, 0.29) is 11.7 Å². The molecule has 28 heavy (non-hydrogen) atoms. The second-order valence-electron chi connectivity index (χ2n) is 6.28. The summed E-state index contributed by atoms with van der Waals surface area (Å²) in [5.41, 5.74) is 1.31. The summed E-state index contributed by atoms with van der Waals surface area (Å²) in [7, 11) is 1.61. The predicted molar refractivity (Wildman–Crippen MR) is 108 cm³/mol. The quantitative estimate of drug-likeness (QED) is 0.525. The summed E-state index contributed by atoms with van der Waals surface area (Å²) in [6, 6.07) is 11.5. The number of halogens is 1. The van der Waals surface area contributed by atoms with Gasteiger partial charge in [-0.2, -0.15) is 4.99 Å². The molecule has 3 rings (SSSR count). The molecule has 148 valence electrons. The molecule has 0 saturated carbocycles. The molecular formula is C21H23FN2O3S. The van der Waals surface area contributed by atoms with Crippen LogP contribution in [0.2, 0.25) is 0 Å². The van der Waals surface area contributed by atoms with E-state index in [1.54, 1.807) is 37.4 Å². The average Bonchev–Trinajstić information content (AvgIpc) is 3.02. The number of nitrogens with zero attached hydrogens (tertiary/aromatic N) is 2. The van der Waals surface area contributed by atoms with E-state index in [1.165, 1.54) is 23.5 Å². The van der Waals surface area contributed by atoms with Gasteiger partial charge in [0.1, 0.15) is 11.6 Å². The zero-order valence-electron chi connectivity index (χ0n) is 16.0. The van der Waals surface area contributed by atoms with Crippen LogP contribution in [0.4, 0.5) is 4.39 Å². The fraction of sp³-hybridized carbons (Fsp3) is 0.333. The molecule has 0 radical (unpaired) electrons. The molecular weight excluding hydrogens is 379 g/mol. The molecule has 0 saturated heterocycles. The fourth-order valence-corrected chi connectivity index (χ4v) is 3.79. The van der Waals surface area contributed by atoms with Crippen LogP contribution >= 0.6 is 11.3 Å². The van der Waals surface area contributed by atoms with E-state index < -0.39 is 0 Å². The number of fused-ring (bicyclic) bond motifs is 1. The first-order chi connectivity index (χ1) is 13.6. The Morgan fingerprint density at radius 3 is 2.68 bits per heavy atom. The van der Waals surface area contributed by atoms with Crippen molar-refractivity contribution < 1.29 is 18.7 Å². The van der Waals surface area contributed by atoms with E-state index in [1.807, 2.05) is 4.57 Å². The van der Waals surface area contributed by atoms with Gasteiger partial charge in [-0.1, -0.05) is 24.7 Å². The van der Waals surface area contributed by atoms with Crippen molar-refractivity contribution in [2.24, 2.45) is 4.99 Å². The van der Waals surface area contributed by atoms with Crippen LogP contribution in [0.3, 0.4) is 0 Å². The standard InChI is InChI=1S/C21H23FN2O3S/c1-3-4-12-27-17-8-5-15(6-9-17)20(25)23-21-24(11-13-26-2)18-10-7-16(22)14-19(18)28-21/h5-10,14H,3-4,11-13H2,1-2H3. The van der Waals surface area contributed by atoms with Crippen molar-refractivity contribution in [3.8, 4) is 5.75 Å². The number of methoxy groups -OCH3 is 1. The molecule has 1 heterocycles. The highest BCUT2D eigenvalue weighted by molar-refractivity contribution is 7.16. The minimum Gasteiger partial charge on any atom is -0.494 e. The van der Waals surface area contributed by atoms with E-state index >= 15 is 0 Å². The second kappa shape index (κ2) is 9.61. The zero-order chi connectivity index (χ0) is 19.9. The third kappa shape index (κ3) is 4.85. The molecule has 0 N–H and O–H groups in total. The molecule has 3 aromatic rings. The number of hydrogen-bond donors (Lipinski definition) is 0. The van der Waals surface area contributed by atoms with Crippen molar-refractivity contribution >= 4 is 27.5 Å². The third-order valence-electron chi connectivity index (χ3n) is 4.23. The van der Waals surface area contributed by atoms with Crippen LogP contribution in [-0.2, 0) is 11.3 Å². The molecule has 1 amide bonds. The molecule has 0 aliphatic carbocycles. The van der Waals surface area contributed by atoms with Gasteiger partial charge in [-0.15, -0.1) is 0 Å². The van der Waals surface area contributed by atoms with Crippen molar-refractivity contribution in [2.75, 3.05) is 20.3 Å². The lowest BCUT2D eigenvalue weighted by Gasteiger charge is -2.05. The molecule has 5 nitrogen and oxygen atoms in total. The van der Waals surface area contributed by atoms with Gasteiger partial charge in [-0.25, -0.2) is 4.39 Å². The van der Waals surface area contributed by atoms with Crippen LogP contribution < -0.4 is 9.54 Å². The highest BCUT2D eigenvalue weighted by Gasteiger charge is 2.10. The number of ether oxygens (including phenoxy) is 2. The fourth-order valence-electron chi connectivity index (χ4n) is 2.71. The van der Waals surface area contributed by atoms with Crippen LogP contribution in [0.5, 0.6) is 5.75 Å². The maximum atomic E-state index is 13.6. The highest BCUT2D eigenvalue weighted by atomic mass is 32.1. The number of unbranched alkanes of at least 4 members (excludes halogenated alkanes) is 1. The summed E-state index contributed by atoms with van der Waals surface area (Å²) in [6.45, 7) is 3.76. The van der Waals surface area contributed by atoms with E-state index in [4.69, 9.17) is 9.47 Å². The second-order valence-corrected chi connectivity index (χ2v) is 7.29. The first-order valence-electron chi connectivity index (χ1n) is 9.22. The summed E-state index contributed by atoms with van der Waals surface area (Å²) in [6.07, 6.45) is 2.06. The molecule has 0 aliphatic rings. The Balaban J connectivity index is 1.89. The third-order valence-corrected chi connectivity index (χ3v) is 5.27. The van der Waals surface area contributed by atoms with Gasteiger partial charge in [-0.05, 0) is 48.9 Å². The monoisotopic (exact) mass is 402 g/mol. The van der Waals surface area contributed by atoms with E-state index in [2.05, 4.69) is 11.9 Å². The van der Waals surface area contributed by atoms with Crippen molar-refractivity contribution in [2.45, 2.75) is 26.3 Å². The van der Waals surface area contributed by atoms with Gasteiger partial charge in [-0.3, -0.25) is 4.79 Å². The number of carbonyl (C=O) groups excluding carboxylic acids is 1. The van der Waals surface area contributed by atoms with Gasteiger partial charge in [0.25, 0.3) is 5.91 Å². The Morgan fingerprint density at radius 2 is 1.96 bits per heavy atom. The van der Waals surface area contributed by atoms with E-state index in [9.17, 15) is 9.18 Å². The van der Waals surface area contributed by atoms with Crippen LogP contribution in [0.25, 0.3) is 10.2 Å². The van der Waals surface area contributed by atoms with Gasteiger partial charge < -0.3 is 14.0 Å². The molecule has 0 bridgehead atoms. The summed E-state index contributed by atoms with van der Waals surface area (Å²) < 4.78 is 27.0. The lowest BCUT2D eigenvalue weighted by molar-refractivity contribution is 0.0997. The molecule has 0 fully saturated rings. The maximum Gasteiger partial charge on any atom is 0.279 e. The largest absolute Gasteiger partial charge is 0.494 e. The topological polar surface area (TPSA) is 52.8 Å². The van der Waals surface area contributed by atoms with Crippen molar-refractivity contribution in [3.05, 3.63) is 58.6 Å². The van der Waals surface area contributed by atoms with Crippen molar-refractivity contribution in [1.82, 2.24) is 4.57 Å². The number of aromatic nitrogens is 1. The Morgan fingerprint density at radius 1 is 1.18 bits per heavy atom. The lowest BCUT2D eigenvalue weighted by atomic mass is 10.2. The number of rotatable bonds is 8. The smallest absolute Gasteiger partial charge is 0.279 e. The Bertz CT molecular complexity index is 1010. The number of hydrogen-bond acceptors (Lipinski definition) is 4. The van der Waals surface area contributed by atoms with E-state index in [0.717, 1.165) is 28.8 Å². The molecule has 1 aromatic heterocycles. The minimum absolute atomic E-state index is 0.316. The molecule has 0 aliphatic heterocycles. The first kappa shape index (κ1) is 20.2. The van der Waals surface area contributed by atoms with Crippen molar-refractivity contribution in [1.29, 1.82) is 0 Å². The van der Waals surface area contributed by atoms with Crippen LogP contribution in [0.1, 0.15) is 30.1 Å².